The summed E-state index contributed by atoms with van der Waals surface area (Å²) in [4.78, 5) is 25.7. The molecule has 1 N–H and O–H groups in total. The van der Waals surface area contributed by atoms with Crippen LogP contribution < -0.4 is 0 Å². The summed E-state index contributed by atoms with van der Waals surface area (Å²) in [5, 5.41) is 8.49. The molecule has 106 valence electrons. The maximum absolute atomic E-state index is 11.1. The van der Waals surface area contributed by atoms with E-state index in [0.29, 0.717) is 12.8 Å². The molecule has 0 spiro atoms. The molecule has 4 nitrogen and oxygen atoms in total. The van der Waals surface area contributed by atoms with Crippen LogP contribution in [0.25, 0.3) is 0 Å². The molecule has 0 atom stereocenters. The number of carboxylic acid groups (broad SMARTS) is 1. The van der Waals surface area contributed by atoms with Crippen molar-refractivity contribution in [2.75, 3.05) is 0 Å². The van der Waals surface area contributed by atoms with Gasteiger partial charge in [0.25, 0.3) is 0 Å². The van der Waals surface area contributed by atoms with Gasteiger partial charge in [-0.25, -0.2) is 0 Å². The number of unbranched alkanes of at least 4 members (excludes halogenated alkanes) is 6. The Morgan fingerprint density at radius 1 is 1.11 bits per heavy atom. The highest BCUT2D eigenvalue weighted by molar-refractivity contribution is 6.08. The topological polar surface area (TPSA) is 66.7 Å². The van der Waals surface area contributed by atoms with Crippen LogP contribution in [0, 0.1) is 0 Å². The molecule has 0 fully saturated rings. The van der Waals surface area contributed by atoms with Gasteiger partial charge in [-0.2, -0.15) is 0 Å². The summed E-state index contributed by atoms with van der Waals surface area (Å²) in [6.45, 7) is 0. The minimum Gasteiger partial charge on any atom is -0.481 e. The molecule has 1 heterocycles. The number of hydrogen-bond acceptors (Lipinski definition) is 3. The first-order chi connectivity index (χ1) is 9.18. The smallest absolute Gasteiger partial charge is 0.303 e. The van der Waals surface area contributed by atoms with E-state index >= 15 is 0 Å². The van der Waals surface area contributed by atoms with Crippen molar-refractivity contribution in [1.82, 2.24) is 0 Å². The van der Waals surface area contributed by atoms with Gasteiger partial charge in [-0.15, -0.1) is 0 Å². The molecular weight excluding hydrogens is 242 g/mol. The lowest BCUT2D eigenvalue weighted by Gasteiger charge is -2.06. The van der Waals surface area contributed by atoms with E-state index in [9.17, 15) is 9.59 Å². The molecule has 0 bridgehead atoms. The lowest BCUT2D eigenvalue weighted by atomic mass is 10.0. The van der Waals surface area contributed by atoms with Gasteiger partial charge in [-0.05, 0) is 25.3 Å². The Balaban J connectivity index is 1.89. The first-order valence-corrected chi connectivity index (χ1v) is 7.15. The lowest BCUT2D eigenvalue weighted by molar-refractivity contribution is -0.137. The van der Waals surface area contributed by atoms with Gasteiger partial charge in [0.05, 0.1) is 0 Å². The highest BCUT2D eigenvalue weighted by atomic mass is 16.4. The molecule has 0 radical (unpaired) electrons. The molecule has 0 aliphatic carbocycles. The predicted molar refractivity (Wildman–Crippen MR) is 75.4 cm³/mol. The van der Waals surface area contributed by atoms with Crippen LogP contribution in [0.5, 0.6) is 0 Å². The second kappa shape index (κ2) is 9.48. The van der Waals surface area contributed by atoms with Gasteiger partial charge in [0, 0.05) is 24.8 Å². The number of allylic oxidation sites excluding steroid dienone is 1. The van der Waals surface area contributed by atoms with E-state index in [2.05, 4.69) is 4.99 Å². The van der Waals surface area contributed by atoms with Gasteiger partial charge in [0.15, 0.2) is 5.78 Å². The molecule has 0 unspecified atom stereocenters. The fourth-order valence-corrected chi connectivity index (χ4v) is 2.17. The second-order valence-electron chi connectivity index (χ2n) is 5.02. The normalized spacial score (nSPS) is 14.5. The van der Waals surface area contributed by atoms with E-state index in [4.69, 9.17) is 5.11 Å². The molecule has 19 heavy (non-hydrogen) atoms. The standard InChI is InChI=1S/C15H23NO3/c17-14-10-11-16-13(12-14)8-6-4-2-1-3-5-7-9-15(18)19/h10-11H,1-9,12H2,(H,18,19). The first kappa shape index (κ1) is 15.6. The van der Waals surface area contributed by atoms with Gasteiger partial charge in [0.2, 0.25) is 0 Å². The maximum Gasteiger partial charge on any atom is 0.303 e. The van der Waals surface area contributed by atoms with E-state index in [1.165, 1.54) is 18.9 Å². The lowest BCUT2D eigenvalue weighted by Crippen LogP contribution is -2.08. The van der Waals surface area contributed by atoms with Crippen LogP contribution in [-0.4, -0.2) is 22.6 Å². The zero-order chi connectivity index (χ0) is 13.9. The van der Waals surface area contributed by atoms with Crippen molar-refractivity contribution in [3.8, 4) is 0 Å². The van der Waals surface area contributed by atoms with Crippen LogP contribution >= 0.6 is 0 Å². The Bertz CT molecular complexity index is 358. The van der Waals surface area contributed by atoms with E-state index in [-0.39, 0.29) is 5.78 Å². The maximum atomic E-state index is 11.1. The van der Waals surface area contributed by atoms with E-state index in [1.54, 1.807) is 6.20 Å². The largest absolute Gasteiger partial charge is 0.481 e. The van der Waals surface area contributed by atoms with Crippen LogP contribution in [0.3, 0.4) is 0 Å². The monoisotopic (exact) mass is 265 g/mol. The summed E-state index contributed by atoms with van der Waals surface area (Å²) in [7, 11) is 0. The van der Waals surface area contributed by atoms with Crippen molar-refractivity contribution in [2.24, 2.45) is 4.99 Å². The van der Waals surface area contributed by atoms with E-state index in [0.717, 1.165) is 44.2 Å². The number of hydrogen-bond donors (Lipinski definition) is 1. The zero-order valence-electron chi connectivity index (χ0n) is 11.4. The number of rotatable bonds is 10. The third-order valence-electron chi connectivity index (χ3n) is 3.25. The van der Waals surface area contributed by atoms with Crippen LogP contribution in [0.15, 0.2) is 17.3 Å². The Morgan fingerprint density at radius 3 is 2.37 bits per heavy atom. The van der Waals surface area contributed by atoms with E-state index in [1.807, 2.05) is 0 Å². The number of carbonyl (C=O) groups is 2. The summed E-state index contributed by atoms with van der Waals surface area (Å²) in [5.41, 5.74) is 1.01. The van der Waals surface area contributed by atoms with Crippen LogP contribution in [-0.2, 0) is 9.59 Å². The number of aliphatic carboxylic acids is 1. The van der Waals surface area contributed by atoms with E-state index < -0.39 is 5.97 Å². The summed E-state index contributed by atoms with van der Waals surface area (Å²) < 4.78 is 0. The average Bonchev–Trinajstić information content (AvgIpc) is 2.36. The van der Waals surface area contributed by atoms with Crippen LogP contribution in [0.4, 0.5) is 0 Å². The van der Waals surface area contributed by atoms with Crippen molar-refractivity contribution >= 4 is 17.5 Å². The summed E-state index contributed by atoms with van der Waals surface area (Å²) >= 11 is 0. The molecule has 4 heteroatoms. The Morgan fingerprint density at radius 2 is 1.74 bits per heavy atom. The fourth-order valence-electron chi connectivity index (χ4n) is 2.17. The van der Waals surface area contributed by atoms with Gasteiger partial charge < -0.3 is 5.11 Å². The number of nitrogens with zero attached hydrogens (tertiary/aromatic N) is 1. The summed E-state index contributed by atoms with van der Waals surface area (Å²) in [5.74, 6) is -0.541. The molecule has 0 saturated heterocycles. The van der Waals surface area contributed by atoms with Crippen molar-refractivity contribution in [2.45, 2.75) is 64.2 Å². The quantitative estimate of drug-likeness (QED) is 0.615. The zero-order valence-corrected chi connectivity index (χ0v) is 11.4. The molecule has 0 saturated carbocycles. The third kappa shape index (κ3) is 8.30. The van der Waals surface area contributed by atoms with Crippen LogP contribution in [0.1, 0.15) is 64.2 Å². The Kier molecular flexibility index (Phi) is 7.78. The minimum absolute atomic E-state index is 0.156. The SMILES string of the molecule is O=C(O)CCCCCCCCCC1=NC=CC(=O)C1. The van der Waals surface area contributed by atoms with Gasteiger partial charge in [-0.1, -0.05) is 32.1 Å². The third-order valence-corrected chi connectivity index (χ3v) is 3.25. The average molecular weight is 265 g/mol. The minimum atomic E-state index is -0.697. The highest BCUT2D eigenvalue weighted by Crippen LogP contribution is 2.12. The molecule has 0 aromatic heterocycles. The molecule has 0 aromatic carbocycles. The molecule has 1 aliphatic rings. The molecule has 0 aromatic rings. The highest BCUT2D eigenvalue weighted by Gasteiger charge is 2.07. The molecular formula is C15H23NO3. The molecule has 1 aliphatic heterocycles. The van der Waals surface area contributed by atoms with Crippen molar-refractivity contribution in [1.29, 1.82) is 0 Å². The predicted octanol–water partition coefficient (Wildman–Crippen LogP) is 3.51. The Hall–Kier alpha value is -1.45. The molecule has 0 amide bonds. The second-order valence-corrected chi connectivity index (χ2v) is 5.02. The number of aliphatic imine (C=N–C) groups is 1. The first-order valence-electron chi connectivity index (χ1n) is 7.15. The Labute approximate surface area is 114 Å². The van der Waals surface area contributed by atoms with Gasteiger partial charge in [-0.3, -0.25) is 14.6 Å². The van der Waals surface area contributed by atoms with Crippen molar-refractivity contribution in [3.05, 3.63) is 12.3 Å². The number of carboxylic acids is 1. The van der Waals surface area contributed by atoms with Gasteiger partial charge in [0.1, 0.15) is 0 Å². The van der Waals surface area contributed by atoms with Gasteiger partial charge >= 0.3 is 5.97 Å². The number of ketones is 1. The van der Waals surface area contributed by atoms with Crippen LogP contribution in [0.2, 0.25) is 0 Å². The summed E-state index contributed by atoms with van der Waals surface area (Å²) in [6.07, 6.45) is 12.4. The fraction of sp³-hybridized carbons (Fsp3) is 0.667. The van der Waals surface area contributed by atoms with Crippen molar-refractivity contribution < 1.29 is 14.7 Å². The summed E-state index contributed by atoms with van der Waals surface area (Å²) in [6, 6.07) is 0. The number of carbonyl (C=O) groups excluding carboxylic acids is 1. The molecule has 1 rings (SSSR count). The van der Waals surface area contributed by atoms with Crippen molar-refractivity contribution in [3.63, 3.8) is 0 Å².